The van der Waals surface area contributed by atoms with Crippen molar-refractivity contribution in [3.8, 4) is 11.3 Å². The van der Waals surface area contributed by atoms with E-state index in [0.717, 1.165) is 34.1 Å². The van der Waals surface area contributed by atoms with Gasteiger partial charge < -0.3 is 4.98 Å². The number of aromatic nitrogens is 3. The lowest BCUT2D eigenvalue weighted by Gasteiger charge is -2.05. The lowest BCUT2D eigenvalue weighted by molar-refractivity contribution is 1.05. The number of nitrogens with zero attached hydrogens (tertiary/aromatic N) is 2. The summed E-state index contributed by atoms with van der Waals surface area (Å²) < 4.78 is 40.0. The van der Waals surface area contributed by atoms with Crippen LogP contribution in [-0.2, 0) is 6.42 Å². The first-order valence-electron chi connectivity index (χ1n) is 9.87. The van der Waals surface area contributed by atoms with E-state index < -0.39 is 0 Å². The molecule has 3 rings (SSSR count). The highest BCUT2D eigenvalue weighted by molar-refractivity contribution is 6.28. The van der Waals surface area contributed by atoms with Crippen molar-refractivity contribution < 1.29 is 13.3 Å². The quantitative estimate of drug-likeness (QED) is 0.664. The Bertz CT molecular complexity index is 728. The Morgan fingerprint density at radius 3 is 3.06 bits per heavy atom. The predicted molar refractivity (Wildman–Crippen MR) is 84.3 cm³/mol. The molecule has 0 bridgehead atoms. The number of aryl methyl sites for hydroxylation is 1. The number of benzene rings is 1. The molecule has 0 amide bonds. The van der Waals surface area contributed by atoms with Crippen LogP contribution < -0.4 is 0 Å². The van der Waals surface area contributed by atoms with Crippen LogP contribution in [0.4, 0.5) is 0 Å². The van der Waals surface area contributed by atoms with Crippen molar-refractivity contribution in [1.82, 2.24) is 15.0 Å². The van der Waals surface area contributed by atoms with Crippen molar-refractivity contribution in [3.05, 3.63) is 47.5 Å². The third-order valence-corrected chi connectivity index (χ3v) is 3.24. The molecule has 0 unspecified atom stereocenters. The minimum absolute atomic E-state index is 0. The monoisotopic (exact) mass is 276 g/mol. The fourth-order valence-electron chi connectivity index (χ4n) is 2.14. The molecule has 18 heavy (non-hydrogen) atoms. The van der Waals surface area contributed by atoms with Crippen molar-refractivity contribution in [2.75, 3.05) is 0 Å². The van der Waals surface area contributed by atoms with E-state index in [0.29, 0.717) is 0 Å². The minimum atomic E-state index is 0. The first kappa shape index (κ1) is 7.54. The van der Waals surface area contributed by atoms with Crippen LogP contribution in [0.15, 0.2) is 36.7 Å². The number of para-hydroxylation sites is 1. The minimum Gasteiger partial charge on any atom is -0.360 e. The number of rotatable bonds is 2. The Hall–Kier alpha value is -1.87. The molecular weight excluding hydrogens is 246 g/mol. The number of aromatic amines is 1. The first-order valence-corrected chi connectivity index (χ1v) is 6.25. The van der Waals surface area contributed by atoms with Gasteiger partial charge in [0.25, 0.3) is 0 Å². The van der Waals surface area contributed by atoms with Gasteiger partial charge in [0.15, 0.2) is 0 Å². The maximum absolute atomic E-state index is 5.91. The van der Waals surface area contributed by atoms with Gasteiger partial charge in [0.1, 0.15) is 0 Å². The number of fused-ring (bicyclic) bond motifs is 1. The van der Waals surface area contributed by atoms with Crippen LogP contribution in [0.3, 0.4) is 0 Å². The lowest BCUT2D eigenvalue weighted by Crippen LogP contribution is -1.94. The van der Waals surface area contributed by atoms with Crippen LogP contribution in [0, 0.1) is 0 Å². The largest absolute Gasteiger partial charge is 0.360 e. The van der Waals surface area contributed by atoms with Gasteiger partial charge in [-0.3, -0.25) is 0 Å². The average Bonchev–Trinajstić information content (AvgIpc) is 3.18. The third kappa shape index (κ3) is 1.77. The fraction of sp³-hybridized carbons (Fsp3) is 0.143. The summed E-state index contributed by atoms with van der Waals surface area (Å²) in [6.07, 6.45) is 4.65. The summed E-state index contributed by atoms with van der Waals surface area (Å²) in [5, 5.41) is 1.44. The summed E-state index contributed by atoms with van der Waals surface area (Å²) in [4.78, 5) is 11.7. The van der Waals surface area contributed by atoms with E-state index >= 15 is 0 Å². The molecule has 1 N–H and O–H groups in total. The zero-order valence-electron chi connectivity index (χ0n) is 17.9. The summed E-state index contributed by atoms with van der Waals surface area (Å²) in [5.41, 5.74) is 4.19. The van der Waals surface area contributed by atoms with Crippen LogP contribution in [0.5, 0.6) is 0 Å². The Morgan fingerprint density at radius 1 is 1.39 bits per heavy atom. The molecule has 0 atom stereocenters. The van der Waals surface area contributed by atoms with Gasteiger partial charge in [-0.15, -0.1) is 0 Å². The van der Waals surface area contributed by atoms with Gasteiger partial charge in [-0.05, 0) is 29.7 Å². The van der Waals surface area contributed by atoms with Gasteiger partial charge in [0.2, 0.25) is 5.28 Å². The standard InChI is InChI=1S/C14H12ClN3.5H2/c1-2-9-7-17-14(15)18-13(9)11-8-16-12-6-4-3-5-10(11)12;;;;;/h3-8,16H,2H2,1H3;5*1H/i;4*1+1D;1+1. The van der Waals surface area contributed by atoms with Crippen LogP contribution >= 0.6 is 11.6 Å². The Kier molecular flexibility index (Phi) is 1.85. The molecule has 4 heteroatoms. The number of hydrogen-bond donors (Lipinski definition) is 1. The fourth-order valence-corrected chi connectivity index (χ4v) is 2.28. The van der Waals surface area contributed by atoms with E-state index in [1.807, 2.05) is 24.4 Å². The average molecular weight is 277 g/mol. The van der Waals surface area contributed by atoms with Gasteiger partial charge >= 0.3 is 0 Å². The molecule has 0 fully saturated rings. The summed E-state index contributed by atoms with van der Waals surface area (Å²) in [6.45, 7) is 2.09. The molecule has 2 heterocycles. The highest BCUT2D eigenvalue weighted by Gasteiger charge is 2.11. The Labute approximate surface area is 124 Å². The number of H-pyrrole nitrogens is 1. The molecule has 0 spiro atoms. The van der Waals surface area contributed by atoms with Crippen LogP contribution in [0.2, 0.25) is 5.28 Å². The van der Waals surface area contributed by atoms with E-state index in [4.69, 9.17) is 23.5 Å². The molecule has 0 aliphatic heterocycles. The second-order valence-electron chi connectivity index (χ2n) is 4.11. The molecule has 100 valence electrons. The zero-order valence-corrected chi connectivity index (χ0v) is 10.7. The molecule has 1 aromatic carbocycles. The van der Waals surface area contributed by atoms with E-state index in [-0.39, 0.29) is 6.71 Å². The van der Waals surface area contributed by atoms with Crippen molar-refractivity contribution in [1.29, 1.82) is 0 Å². The summed E-state index contributed by atoms with van der Waals surface area (Å²) in [6, 6.07) is 8.16. The van der Waals surface area contributed by atoms with Crippen molar-refractivity contribution >= 4 is 22.5 Å². The number of nitrogens with one attached hydrogen (secondary N) is 1. The number of hydrogen-bond acceptors (Lipinski definition) is 2. The van der Waals surface area contributed by atoms with E-state index in [9.17, 15) is 0 Å². The maximum atomic E-state index is 5.91. The lowest BCUT2D eigenvalue weighted by atomic mass is 10.0. The normalized spacial score (nSPS) is 12.8. The maximum Gasteiger partial charge on any atom is 0.222 e. The van der Waals surface area contributed by atoms with Gasteiger partial charge in [0, 0.05) is 42.2 Å². The topological polar surface area (TPSA) is 41.6 Å². The second kappa shape index (κ2) is 4.42. The van der Waals surface area contributed by atoms with Crippen molar-refractivity contribution in [2.45, 2.75) is 13.3 Å². The highest BCUT2D eigenvalue weighted by atomic mass is 35.5. The number of halogens is 1. The van der Waals surface area contributed by atoms with Crippen molar-refractivity contribution in [2.24, 2.45) is 0 Å². The van der Waals surface area contributed by atoms with E-state index in [1.54, 1.807) is 6.20 Å². The predicted octanol–water partition coefficient (Wildman–Crippen LogP) is 5.07. The zero-order chi connectivity index (χ0) is 20.5. The molecule has 0 radical (unpaired) electrons. The van der Waals surface area contributed by atoms with Gasteiger partial charge in [-0.1, -0.05) is 25.1 Å². The Morgan fingerprint density at radius 2 is 2.22 bits per heavy atom. The Balaban J connectivity index is -0.000000572. The van der Waals surface area contributed by atoms with Crippen LogP contribution in [0.25, 0.3) is 22.2 Å². The van der Waals surface area contributed by atoms with Crippen LogP contribution in [0.1, 0.15) is 25.8 Å². The molecular formula is C14H22ClN3. The highest BCUT2D eigenvalue weighted by Crippen LogP contribution is 2.30. The van der Waals surface area contributed by atoms with Gasteiger partial charge in [-0.25, -0.2) is 9.97 Å². The molecule has 3 nitrogen and oxygen atoms in total. The van der Waals surface area contributed by atoms with E-state index in [2.05, 4.69) is 27.9 Å². The molecule has 0 aliphatic carbocycles. The van der Waals surface area contributed by atoms with Crippen molar-refractivity contribution in [3.63, 3.8) is 0 Å². The SMILES string of the molecule is CCc1cnc(Cl)nc1-c1c[nH]c2ccccc12.[2HH].[2H][2H].[2H][2H].[2H][2H].[2H][2H]. The molecule has 0 aliphatic rings. The summed E-state index contributed by atoms with van der Waals surface area (Å²) >= 11 is 5.91. The molecule has 3 aromatic rings. The third-order valence-electron chi connectivity index (χ3n) is 3.06. The smallest absolute Gasteiger partial charge is 0.222 e. The van der Waals surface area contributed by atoms with Crippen LogP contribution in [-0.4, -0.2) is 15.0 Å². The molecule has 0 saturated heterocycles. The summed E-state index contributed by atoms with van der Waals surface area (Å²) in [7, 11) is 0. The second-order valence-corrected chi connectivity index (χ2v) is 4.45. The molecule has 2 aromatic heterocycles. The van der Waals surface area contributed by atoms with Gasteiger partial charge in [0.05, 0.1) is 5.69 Å². The van der Waals surface area contributed by atoms with E-state index in [1.165, 1.54) is 0 Å². The van der Waals surface area contributed by atoms with Gasteiger partial charge in [-0.2, -0.15) is 0 Å². The molecule has 0 saturated carbocycles. The first-order chi connectivity index (χ1) is 12.8. The summed E-state index contributed by atoms with van der Waals surface area (Å²) in [5.74, 6) is 0.